The predicted octanol–water partition coefficient (Wildman–Crippen LogP) is 3.78. The third kappa shape index (κ3) is 2.86. The van der Waals surface area contributed by atoms with Crippen molar-refractivity contribution in [1.82, 2.24) is 0 Å². The van der Waals surface area contributed by atoms with E-state index in [1.165, 1.54) is 36.4 Å². The Morgan fingerprint density at radius 2 is 1.68 bits per heavy atom. The first-order valence-corrected chi connectivity index (χ1v) is 5.47. The van der Waals surface area contributed by atoms with Gasteiger partial charge in [-0.25, -0.2) is 13.2 Å². The van der Waals surface area contributed by atoms with Crippen LogP contribution in [0.1, 0.15) is 11.6 Å². The second-order valence-electron chi connectivity index (χ2n) is 3.86. The fraction of sp³-hybridized carbons (Fsp3) is 0.0714. The summed E-state index contributed by atoms with van der Waals surface area (Å²) >= 11 is 0. The summed E-state index contributed by atoms with van der Waals surface area (Å²) in [6.45, 7) is 0. The molecule has 2 aromatic rings. The van der Waals surface area contributed by atoms with Crippen molar-refractivity contribution in [2.24, 2.45) is 0 Å². The number of nitrogens with zero attached hydrogens (tertiary/aromatic N) is 1. The minimum absolute atomic E-state index is 0.0909. The molecule has 0 bridgehead atoms. The second kappa shape index (κ2) is 5.44. The first-order valence-electron chi connectivity index (χ1n) is 5.47. The van der Waals surface area contributed by atoms with Gasteiger partial charge in [-0.1, -0.05) is 12.1 Å². The van der Waals surface area contributed by atoms with Gasteiger partial charge < -0.3 is 5.32 Å². The van der Waals surface area contributed by atoms with Crippen molar-refractivity contribution in [1.29, 1.82) is 5.26 Å². The lowest BCUT2D eigenvalue weighted by Gasteiger charge is -2.14. The Bertz CT molecular complexity index is 618. The van der Waals surface area contributed by atoms with E-state index in [0.29, 0.717) is 5.69 Å². The summed E-state index contributed by atoms with van der Waals surface area (Å²) in [6, 6.07) is 9.65. The number of nitriles is 1. The van der Waals surface area contributed by atoms with Crippen LogP contribution >= 0.6 is 0 Å². The van der Waals surface area contributed by atoms with Gasteiger partial charge in [0.25, 0.3) is 0 Å². The topological polar surface area (TPSA) is 35.8 Å². The molecule has 0 aliphatic rings. The van der Waals surface area contributed by atoms with E-state index in [0.717, 1.165) is 6.07 Å². The first-order chi connectivity index (χ1) is 9.11. The maximum Gasteiger partial charge on any atom is 0.165 e. The third-order valence-corrected chi connectivity index (χ3v) is 2.58. The summed E-state index contributed by atoms with van der Waals surface area (Å²) in [5.41, 5.74) is 0.350. The molecule has 0 aliphatic carbocycles. The standard InChI is InChI=1S/C14H9F3N2/c15-9-4-6-10(7-5-9)19-13(8-18)11-2-1-3-12(16)14(11)17/h1-7,13,19H. The molecule has 0 amide bonds. The van der Waals surface area contributed by atoms with Crippen LogP contribution in [-0.2, 0) is 0 Å². The molecule has 0 saturated carbocycles. The van der Waals surface area contributed by atoms with Crippen LogP contribution in [0.25, 0.3) is 0 Å². The molecule has 0 radical (unpaired) electrons. The molecule has 0 heterocycles. The van der Waals surface area contributed by atoms with Gasteiger partial charge in [-0.3, -0.25) is 0 Å². The first kappa shape index (κ1) is 13.0. The van der Waals surface area contributed by atoms with Gasteiger partial charge in [0.05, 0.1) is 6.07 Å². The molecule has 0 saturated heterocycles. The van der Waals surface area contributed by atoms with Crippen molar-refractivity contribution in [3.8, 4) is 6.07 Å². The highest BCUT2D eigenvalue weighted by Gasteiger charge is 2.17. The zero-order chi connectivity index (χ0) is 13.8. The molecule has 1 unspecified atom stereocenters. The van der Waals surface area contributed by atoms with Crippen LogP contribution in [0.4, 0.5) is 18.9 Å². The molecule has 1 atom stereocenters. The highest BCUT2D eigenvalue weighted by Crippen LogP contribution is 2.23. The smallest absolute Gasteiger partial charge is 0.165 e. The summed E-state index contributed by atoms with van der Waals surface area (Å²) in [5.74, 6) is -2.50. The van der Waals surface area contributed by atoms with E-state index in [2.05, 4.69) is 5.32 Å². The minimum atomic E-state index is -1.07. The number of benzene rings is 2. The Kier molecular flexibility index (Phi) is 3.71. The highest BCUT2D eigenvalue weighted by molar-refractivity contribution is 5.47. The van der Waals surface area contributed by atoms with E-state index in [-0.39, 0.29) is 5.56 Å². The fourth-order valence-electron chi connectivity index (χ4n) is 1.64. The van der Waals surface area contributed by atoms with Crippen LogP contribution in [0.15, 0.2) is 42.5 Å². The highest BCUT2D eigenvalue weighted by atomic mass is 19.2. The number of nitrogens with one attached hydrogen (secondary N) is 1. The number of hydrogen-bond donors (Lipinski definition) is 1. The lowest BCUT2D eigenvalue weighted by Crippen LogP contribution is -2.11. The summed E-state index contributed by atoms with van der Waals surface area (Å²) in [6.07, 6.45) is 0. The monoisotopic (exact) mass is 262 g/mol. The van der Waals surface area contributed by atoms with Crippen LogP contribution in [-0.4, -0.2) is 0 Å². The van der Waals surface area contributed by atoms with E-state index in [4.69, 9.17) is 5.26 Å². The molecule has 2 rings (SSSR count). The van der Waals surface area contributed by atoms with Gasteiger partial charge in [0.15, 0.2) is 11.6 Å². The SMILES string of the molecule is N#CC(Nc1ccc(F)cc1)c1cccc(F)c1F. The van der Waals surface area contributed by atoms with Gasteiger partial charge >= 0.3 is 0 Å². The van der Waals surface area contributed by atoms with Crippen molar-refractivity contribution in [2.75, 3.05) is 5.32 Å². The van der Waals surface area contributed by atoms with Gasteiger partial charge in [0, 0.05) is 11.3 Å². The van der Waals surface area contributed by atoms with Crippen LogP contribution in [0.3, 0.4) is 0 Å². The Morgan fingerprint density at radius 1 is 1.00 bits per heavy atom. The largest absolute Gasteiger partial charge is 0.366 e. The molecule has 1 N–H and O–H groups in total. The molecule has 5 heteroatoms. The lowest BCUT2D eigenvalue weighted by molar-refractivity contribution is 0.498. The maximum absolute atomic E-state index is 13.6. The molecule has 0 aromatic heterocycles. The lowest BCUT2D eigenvalue weighted by atomic mass is 10.1. The quantitative estimate of drug-likeness (QED) is 0.913. The average Bonchev–Trinajstić information content (AvgIpc) is 2.42. The number of rotatable bonds is 3. The zero-order valence-corrected chi connectivity index (χ0v) is 9.70. The van der Waals surface area contributed by atoms with Crippen molar-refractivity contribution in [3.05, 3.63) is 65.5 Å². The van der Waals surface area contributed by atoms with Crippen molar-refractivity contribution in [3.63, 3.8) is 0 Å². The van der Waals surface area contributed by atoms with Crippen molar-refractivity contribution < 1.29 is 13.2 Å². The average molecular weight is 262 g/mol. The molecule has 96 valence electrons. The van der Waals surface area contributed by atoms with Crippen molar-refractivity contribution in [2.45, 2.75) is 6.04 Å². The molecule has 0 aliphatic heterocycles. The fourth-order valence-corrected chi connectivity index (χ4v) is 1.64. The van der Waals surface area contributed by atoms with Gasteiger partial charge in [0.1, 0.15) is 11.9 Å². The van der Waals surface area contributed by atoms with Crippen LogP contribution < -0.4 is 5.32 Å². The van der Waals surface area contributed by atoms with Gasteiger partial charge in [0.2, 0.25) is 0 Å². The molecular formula is C14H9F3N2. The minimum Gasteiger partial charge on any atom is -0.366 e. The zero-order valence-electron chi connectivity index (χ0n) is 9.70. The third-order valence-electron chi connectivity index (χ3n) is 2.58. The van der Waals surface area contributed by atoms with Crippen molar-refractivity contribution >= 4 is 5.69 Å². The van der Waals surface area contributed by atoms with E-state index >= 15 is 0 Å². The van der Waals surface area contributed by atoms with Crippen LogP contribution in [0, 0.1) is 28.8 Å². The van der Waals surface area contributed by atoms with Gasteiger partial charge in [-0.05, 0) is 30.3 Å². The summed E-state index contributed by atoms with van der Waals surface area (Å²) in [7, 11) is 0. The molecule has 2 nitrogen and oxygen atoms in total. The van der Waals surface area contributed by atoms with E-state index in [1.54, 1.807) is 0 Å². The van der Waals surface area contributed by atoms with E-state index in [9.17, 15) is 13.2 Å². The molecule has 19 heavy (non-hydrogen) atoms. The van der Waals surface area contributed by atoms with E-state index < -0.39 is 23.5 Å². The molecular weight excluding hydrogens is 253 g/mol. The summed E-state index contributed by atoms with van der Waals surface area (Å²) in [5, 5.41) is 11.7. The molecule has 0 fully saturated rings. The van der Waals surface area contributed by atoms with Gasteiger partial charge in [-0.2, -0.15) is 5.26 Å². The van der Waals surface area contributed by atoms with Crippen LogP contribution in [0.2, 0.25) is 0 Å². The Hall–Kier alpha value is -2.48. The Balaban J connectivity index is 2.28. The van der Waals surface area contributed by atoms with Gasteiger partial charge in [-0.15, -0.1) is 0 Å². The maximum atomic E-state index is 13.6. The predicted molar refractivity (Wildman–Crippen MR) is 64.7 cm³/mol. The van der Waals surface area contributed by atoms with E-state index in [1.807, 2.05) is 6.07 Å². The Morgan fingerprint density at radius 3 is 2.32 bits per heavy atom. The number of hydrogen-bond acceptors (Lipinski definition) is 2. The summed E-state index contributed by atoms with van der Waals surface area (Å²) in [4.78, 5) is 0. The normalized spacial score (nSPS) is 11.7. The Labute approximate surface area is 108 Å². The second-order valence-corrected chi connectivity index (χ2v) is 3.86. The van der Waals surface area contributed by atoms with Crippen LogP contribution in [0.5, 0.6) is 0 Å². The summed E-state index contributed by atoms with van der Waals surface area (Å²) < 4.78 is 39.4. The molecule has 2 aromatic carbocycles. The molecule has 0 spiro atoms. The number of halogens is 3. The number of anilines is 1.